The predicted octanol–water partition coefficient (Wildman–Crippen LogP) is 4.77. The highest BCUT2D eigenvalue weighted by molar-refractivity contribution is 5.98. The molecule has 0 spiro atoms. The summed E-state index contributed by atoms with van der Waals surface area (Å²) in [5, 5.41) is 5.01. The van der Waals surface area contributed by atoms with Gasteiger partial charge in [0.2, 0.25) is 0 Å². The minimum atomic E-state index is -4.62. The van der Waals surface area contributed by atoms with E-state index in [0.717, 1.165) is 18.9 Å². The molecular formula is C22H24F3N3O4. The van der Waals surface area contributed by atoms with Crippen molar-refractivity contribution in [1.29, 1.82) is 0 Å². The first-order valence-electron chi connectivity index (χ1n) is 9.80. The van der Waals surface area contributed by atoms with Crippen LogP contribution in [0, 0.1) is 0 Å². The molecule has 0 atom stereocenters. The molecule has 1 aromatic heterocycles. The van der Waals surface area contributed by atoms with E-state index in [9.17, 15) is 22.8 Å². The third-order valence-corrected chi connectivity index (χ3v) is 4.27. The summed E-state index contributed by atoms with van der Waals surface area (Å²) in [4.78, 5) is 27.7. The lowest BCUT2D eigenvalue weighted by molar-refractivity contribution is -0.138. The average Bonchev–Trinajstić information content (AvgIpc) is 2.76. The van der Waals surface area contributed by atoms with E-state index in [2.05, 4.69) is 26.9 Å². The van der Waals surface area contributed by atoms with E-state index < -0.39 is 23.6 Å². The normalized spacial score (nSPS) is 10.9. The lowest BCUT2D eigenvalue weighted by Crippen LogP contribution is -2.26. The van der Waals surface area contributed by atoms with Gasteiger partial charge < -0.3 is 20.1 Å². The Kier molecular flexibility index (Phi) is 8.62. The Morgan fingerprint density at radius 2 is 1.84 bits per heavy atom. The number of methoxy groups -OCH3 is 1. The number of aromatic nitrogens is 1. The maximum atomic E-state index is 13.5. The minimum absolute atomic E-state index is 0.0441. The first-order valence-corrected chi connectivity index (χ1v) is 9.80. The second kappa shape index (κ2) is 11.2. The predicted molar refractivity (Wildman–Crippen MR) is 112 cm³/mol. The summed E-state index contributed by atoms with van der Waals surface area (Å²) >= 11 is 0. The fourth-order valence-corrected chi connectivity index (χ4v) is 2.70. The Morgan fingerprint density at radius 1 is 1.12 bits per heavy atom. The van der Waals surface area contributed by atoms with Crippen molar-refractivity contribution in [3.8, 4) is 5.75 Å². The number of halogens is 3. The van der Waals surface area contributed by atoms with Gasteiger partial charge >= 0.3 is 12.1 Å². The number of hydrogen-bond acceptors (Lipinski definition) is 6. The largest absolute Gasteiger partial charge is 0.493 e. The van der Waals surface area contributed by atoms with Crippen molar-refractivity contribution in [3.63, 3.8) is 0 Å². The molecule has 172 valence electrons. The van der Waals surface area contributed by atoms with Gasteiger partial charge in [0.25, 0.3) is 5.91 Å². The molecule has 0 saturated carbocycles. The molecule has 1 amide bonds. The van der Waals surface area contributed by atoms with E-state index >= 15 is 0 Å². The number of rotatable bonds is 10. The molecule has 2 rings (SSSR count). The van der Waals surface area contributed by atoms with Gasteiger partial charge in [0.05, 0.1) is 30.4 Å². The highest BCUT2D eigenvalue weighted by Crippen LogP contribution is 2.38. The van der Waals surface area contributed by atoms with E-state index in [0.29, 0.717) is 6.42 Å². The van der Waals surface area contributed by atoms with Gasteiger partial charge in [-0.15, -0.1) is 0 Å². The highest BCUT2D eigenvalue weighted by atomic mass is 19.4. The zero-order chi connectivity index (χ0) is 23.7. The quantitative estimate of drug-likeness (QED) is 0.400. The van der Waals surface area contributed by atoms with Crippen molar-refractivity contribution in [2.45, 2.75) is 32.4 Å². The Balaban J connectivity index is 2.09. The molecule has 1 heterocycles. The third-order valence-electron chi connectivity index (χ3n) is 4.27. The Bertz CT molecular complexity index is 977. The van der Waals surface area contributed by atoms with Gasteiger partial charge in [-0.3, -0.25) is 9.78 Å². The number of anilines is 1. The van der Waals surface area contributed by atoms with E-state index in [1.807, 2.05) is 6.92 Å². The smallest absolute Gasteiger partial charge is 0.420 e. The fourth-order valence-electron chi connectivity index (χ4n) is 2.70. The number of pyridine rings is 1. The Morgan fingerprint density at radius 3 is 2.50 bits per heavy atom. The number of amides is 1. The number of carbonyl (C=O) groups is 2. The topological polar surface area (TPSA) is 89.6 Å². The monoisotopic (exact) mass is 451 g/mol. The number of alkyl halides is 3. The summed E-state index contributed by atoms with van der Waals surface area (Å²) in [6.45, 7) is 5.78. The molecule has 1 aromatic carbocycles. The van der Waals surface area contributed by atoms with Crippen molar-refractivity contribution < 1.29 is 32.2 Å². The second-order valence-electron chi connectivity index (χ2n) is 6.78. The van der Waals surface area contributed by atoms with Crippen LogP contribution in [-0.4, -0.2) is 30.6 Å². The summed E-state index contributed by atoms with van der Waals surface area (Å²) < 4.78 is 50.3. The number of nitrogens with one attached hydrogen (secondary N) is 2. The zero-order valence-corrected chi connectivity index (χ0v) is 17.7. The van der Waals surface area contributed by atoms with E-state index in [4.69, 9.17) is 4.74 Å². The van der Waals surface area contributed by atoms with Crippen molar-refractivity contribution in [2.24, 2.45) is 0 Å². The van der Waals surface area contributed by atoms with Crippen LogP contribution in [0.2, 0.25) is 0 Å². The van der Waals surface area contributed by atoms with Crippen LogP contribution in [0.15, 0.2) is 49.1 Å². The molecule has 32 heavy (non-hydrogen) atoms. The molecule has 0 saturated heterocycles. The first-order chi connectivity index (χ1) is 15.2. The van der Waals surface area contributed by atoms with Crippen LogP contribution in [0.1, 0.15) is 52.5 Å². The van der Waals surface area contributed by atoms with Crippen LogP contribution in [-0.2, 0) is 10.9 Å². The number of esters is 1. The summed E-state index contributed by atoms with van der Waals surface area (Å²) in [6.07, 6.45) is 0.278. The van der Waals surface area contributed by atoms with Gasteiger partial charge in [-0.25, -0.2) is 4.79 Å². The lowest BCUT2D eigenvalue weighted by Gasteiger charge is -2.17. The van der Waals surface area contributed by atoms with Gasteiger partial charge in [-0.05, 0) is 30.7 Å². The van der Waals surface area contributed by atoms with Gasteiger partial charge in [0.15, 0.2) is 0 Å². The summed E-state index contributed by atoms with van der Waals surface area (Å²) in [5.74, 6) is -1.66. The molecule has 0 unspecified atom stereocenters. The van der Waals surface area contributed by atoms with Crippen molar-refractivity contribution >= 4 is 17.6 Å². The molecule has 0 aliphatic heterocycles. The van der Waals surface area contributed by atoms with E-state index in [1.54, 1.807) is 0 Å². The molecule has 0 bridgehead atoms. The Hall–Kier alpha value is -3.56. The number of carbonyl (C=O) groups excluding carboxylic acids is 2. The van der Waals surface area contributed by atoms with Crippen molar-refractivity contribution in [2.75, 3.05) is 19.0 Å². The maximum Gasteiger partial charge on any atom is 0.420 e. The van der Waals surface area contributed by atoms with Crippen molar-refractivity contribution in [1.82, 2.24) is 10.3 Å². The Labute approximate surface area is 183 Å². The highest BCUT2D eigenvalue weighted by Gasteiger charge is 2.34. The molecule has 10 heteroatoms. The second-order valence-corrected chi connectivity index (χ2v) is 6.78. The van der Waals surface area contributed by atoms with E-state index in [1.165, 1.54) is 37.7 Å². The molecule has 2 aromatic rings. The fraction of sp³-hybridized carbons (Fsp3) is 0.318. The molecule has 7 nitrogen and oxygen atoms in total. The van der Waals surface area contributed by atoms with Gasteiger partial charge in [0.1, 0.15) is 11.6 Å². The van der Waals surface area contributed by atoms with Gasteiger partial charge in [-0.1, -0.05) is 26.3 Å². The SMILES string of the molecule is C=C(NC(=O)c1cncc(C(=O)OC)c1)Nc1ccc(OCCCCC)c(C(F)(F)F)c1. The maximum absolute atomic E-state index is 13.5. The number of unbranched alkanes of at least 4 members (excludes halogenated alkanes) is 2. The van der Waals surface area contributed by atoms with Crippen LogP contribution >= 0.6 is 0 Å². The molecule has 0 aliphatic rings. The van der Waals surface area contributed by atoms with Crippen LogP contribution in [0.25, 0.3) is 0 Å². The molecular weight excluding hydrogens is 427 g/mol. The average molecular weight is 451 g/mol. The number of benzene rings is 1. The summed E-state index contributed by atoms with van der Waals surface area (Å²) in [5.41, 5.74) is -0.760. The number of ether oxygens (including phenoxy) is 2. The van der Waals surface area contributed by atoms with Gasteiger partial charge in [-0.2, -0.15) is 13.2 Å². The van der Waals surface area contributed by atoms with Crippen LogP contribution in [0.3, 0.4) is 0 Å². The van der Waals surface area contributed by atoms with Crippen LogP contribution < -0.4 is 15.4 Å². The van der Waals surface area contributed by atoms with Crippen molar-refractivity contribution in [3.05, 3.63) is 65.7 Å². The first kappa shape index (κ1) is 24.7. The summed E-state index contributed by atoms with van der Waals surface area (Å²) in [7, 11) is 1.19. The minimum Gasteiger partial charge on any atom is -0.493 e. The van der Waals surface area contributed by atoms with Crippen LogP contribution in [0.4, 0.5) is 18.9 Å². The number of nitrogens with zero attached hydrogens (tertiary/aromatic N) is 1. The zero-order valence-electron chi connectivity index (χ0n) is 17.7. The summed E-state index contributed by atoms with van der Waals surface area (Å²) in [6, 6.07) is 4.76. The van der Waals surface area contributed by atoms with Crippen LogP contribution in [0.5, 0.6) is 5.75 Å². The molecule has 2 N–H and O–H groups in total. The lowest BCUT2D eigenvalue weighted by atomic mass is 10.1. The molecule has 0 radical (unpaired) electrons. The molecule has 0 fully saturated rings. The van der Waals surface area contributed by atoms with E-state index in [-0.39, 0.29) is 35.0 Å². The number of hydrogen-bond donors (Lipinski definition) is 2. The molecule has 0 aliphatic carbocycles. The van der Waals surface area contributed by atoms with Gasteiger partial charge in [0, 0.05) is 18.1 Å². The standard InChI is InChI=1S/C22H24F3N3O4/c1-4-5-6-9-32-19-8-7-17(11-18(19)22(23,24)25)27-14(2)28-20(29)15-10-16(13-26-12-15)21(30)31-3/h7-8,10-13,27H,2,4-6,9H2,1,3H3,(H,28,29). The third kappa shape index (κ3) is 7.00.